The SMILES string of the molecule is CCCCCCCCCCCCCCCC(=O)NNCCC.Cl.Cl.Cl. The van der Waals surface area contributed by atoms with Crippen LogP contribution in [-0.4, -0.2) is 12.5 Å². The summed E-state index contributed by atoms with van der Waals surface area (Å²) in [6.45, 7) is 5.21. The molecule has 0 heterocycles. The number of unbranched alkanes of at least 4 members (excludes halogenated alkanes) is 12. The van der Waals surface area contributed by atoms with Gasteiger partial charge in [0.1, 0.15) is 0 Å². The zero-order valence-corrected chi connectivity index (χ0v) is 18.9. The Morgan fingerprint density at radius 2 is 1.00 bits per heavy atom. The van der Waals surface area contributed by atoms with Gasteiger partial charge in [-0.1, -0.05) is 90.9 Å². The molecule has 0 saturated carbocycles. The summed E-state index contributed by atoms with van der Waals surface area (Å²) < 4.78 is 0. The van der Waals surface area contributed by atoms with E-state index in [1.165, 1.54) is 77.0 Å². The predicted octanol–water partition coefficient (Wildman–Crippen LogP) is 6.76. The Kier molecular flexibility index (Phi) is 38.3. The van der Waals surface area contributed by atoms with E-state index in [4.69, 9.17) is 0 Å². The molecule has 0 unspecified atom stereocenters. The highest BCUT2D eigenvalue weighted by molar-refractivity contribution is 5.86. The Labute approximate surface area is 175 Å². The Bertz CT molecular complexity index is 245. The highest BCUT2D eigenvalue weighted by Gasteiger charge is 1.99. The fourth-order valence-corrected chi connectivity index (χ4v) is 2.65. The van der Waals surface area contributed by atoms with E-state index >= 15 is 0 Å². The molecule has 0 aliphatic heterocycles. The molecule has 3 nitrogen and oxygen atoms in total. The molecule has 0 bridgehead atoms. The van der Waals surface area contributed by atoms with Crippen molar-refractivity contribution < 1.29 is 4.79 Å². The Hall–Kier alpha value is 0.300. The van der Waals surface area contributed by atoms with Gasteiger partial charge in [0.05, 0.1) is 0 Å². The number of carbonyl (C=O) groups excluding carboxylic acids is 1. The summed E-state index contributed by atoms with van der Waals surface area (Å²) >= 11 is 0. The average molecular weight is 422 g/mol. The number of halogens is 3. The number of nitrogens with one attached hydrogen (secondary N) is 2. The van der Waals surface area contributed by atoms with Gasteiger partial charge in [-0.2, -0.15) is 0 Å². The fraction of sp³-hybridized carbons (Fsp3) is 0.947. The normalized spacial score (nSPS) is 9.52. The van der Waals surface area contributed by atoms with Crippen LogP contribution in [0.5, 0.6) is 0 Å². The lowest BCUT2D eigenvalue weighted by Crippen LogP contribution is -2.37. The van der Waals surface area contributed by atoms with Crippen LogP contribution in [0.2, 0.25) is 0 Å². The first-order valence-corrected chi connectivity index (χ1v) is 9.83. The van der Waals surface area contributed by atoms with E-state index in [0.29, 0.717) is 6.42 Å². The third-order valence-electron chi connectivity index (χ3n) is 4.11. The summed E-state index contributed by atoms with van der Waals surface area (Å²) in [5.41, 5.74) is 5.67. The summed E-state index contributed by atoms with van der Waals surface area (Å²) in [7, 11) is 0. The molecule has 0 aromatic rings. The summed E-state index contributed by atoms with van der Waals surface area (Å²) in [5.74, 6) is 0.136. The van der Waals surface area contributed by atoms with Crippen molar-refractivity contribution in [3.8, 4) is 0 Å². The van der Waals surface area contributed by atoms with Crippen molar-refractivity contribution in [2.75, 3.05) is 6.54 Å². The van der Waals surface area contributed by atoms with Crippen LogP contribution in [0.4, 0.5) is 0 Å². The molecule has 0 radical (unpaired) electrons. The maximum absolute atomic E-state index is 11.4. The zero-order valence-electron chi connectivity index (χ0n) is 16.4. The number of hydrogen-bond donors (Lipinski definition) is 2. The van der Waals surface area contributed by atoms with Crippen LogP contribution in [-0.2, 0) is 4.79 Å². The Morgan fingerprint density at radius 3 is 1.40 bits per heavy atom. The lowest BCUT2D eigenvalue weighted by Gasteiger charge is -2.06. The maximum atomic E-state index is 11.4. The van der Waals surface area contributed by atoms with Crippen LogP contribution in [0.3, 0.4) is 0 Å². The van der Waals surface area contributed by atoms with Crippen molar-refractivity contribution in [1.82, 2.24) is 10.9 Å². The van der Waals surface area contributed by atoms with Gasteiger partial charge in [-0.3, -0.25) is 10.2 Å². The molecule has 0 fully saturated rings. The van der Waals surface area contributed by atoms with Gasteiger partial charge in [0.15, 0.2) is 0 Å². The van der Waals surface area contributed by atoms with E-state index < -0.39 is 0 Å². The van der Waals surface area contributed by atoms with Crippen LogP contribution in [0, 0.1) is 0 Å². The van der Waals surface area contributed by atoms with E-state index in [1.807, 2.05) is 0 Å². The second-order valence-corrected chi connectivity index (χ2v) is 6.47. The first kappa shape index (κ1) is 32.9. The second kappa shape index (κ2) is 29.1. The van der Waals surface area contributed by atoms with Crippen molar-refractivity contribution in [3.63, 3.8) is 0 Å². The second-order valence-electron chi connectivity index (χ2n) is 6.47. The number of rotatable bonds is 17. The van der Waals surface area contributed by atoms with Gasteiger partial charge < -0.3 is 0 Å². The molecule has 1 amide bonds. The molecular weight excluding hydrogens is 379 g/mol. The molecule has 156 valence electrons. The largest absolute Gasteiger partial charge is 0.292 e. The number of carbonyl (C=O) groups is 1. The molecule has 0 aromatic carbocycles. The van der Waals surface area contributed by atoms with Gasteiger partial charge in [0.2, 0.25) is 5.91 Å². The lowest BCUT2D eigenvalue weighted by atomic mass is 10.0. The van der Waals surface area contributed by atoms with Gasteiger partial charge in [-0.15, -0.1) is 37.2 Å². The number of hydrazine groups is 1. The van der Waals surface area contributed by atoms with Crippen LogP contribution >= 0.6 is 37.2 Å². The van der Waals surface area contributed by atoms with E-state index in [9.17, 15) is 4.79 Å². The molecule has 0 aromatic heterocycles. The molecule has 0 aliphatic rings. The highest BCUT2D eigenvalue weighted by atomic mass is 35.5. The summed E-state index contributed by atoms with van der Waals surface area (Å²) in [6.07, 6.45) is 19.2. The highest BCUT2D eigenvalue weighted by Crippen LogP contribution is 2.12. The van der Waals surface area contributed by atoms with E-state index in [0.717, 1.165) is 19.4 Å². The zero-order chi connectivity index (χ0) is 16.3. The van der Waals surface area contributed by atoms with Crippen molar-refractivity contribution in [2.45, 2.75) is 110 Å². The number of amides is 1. The van der Waals surface area contributed by atoms with Crippen molar-refractivity contribution in [2.24, 2.45) is 0 Å². The van der Waals surface area contributed by atoms with Crippen molar-refractivity contribution in [3.05, 3.63) is 0 Å². The van der Waals surface area contributed by atoms with E-state index in [-0.39, 0.29) is 43.1 Å². The van der Waals surface area contributed by atoms with E-state index in [1.54, 1.807) is 0 Å². The van der Waals surface area contributed by atoms with Crippen LogP contribution in [0.25, 0.3) is 0 Å². The average Bonchev–Trinajstić information content (AvgIpc) is 2.52. The molecular formula is C19H43Cl3N2O. The minimum absolute atomic E-state index is 0. The van der Waals surface area contributed by atoms with Gasteiger partial charge >= 0.3 is 0 Å². The van der Waals surface area contributed by atoms with Gasteiger partial charge in [0, 0.05) is 13.0 Å². The molecule has 0 aliphatic carbocycles. The van der Waals surface area contributed by atoms with Gasteiger partial charge in [-0.25, -0.2) is 5.43 Å². The molecule has 0 rings (SSSR count). The molecule has 2 N–H and O–H groups in total. The van der Waals surface area contributed by atoms with Gasteiger partial charge in [-0.05, 0) is 12.8 Å². The van der Waals surface area contributed by atoms with E-state index in [2.05, 4.69) is 24.7 Å². The minimum atomic E-state index is 0. The third-order valence-corrected chi connectivity index (χ3v) is 4.11. The first-order chi connectivity index (χ1) is 10.8. The monoisotopic (exact) mass is 420 g/mol. The fourth-order valence-electron chi connectivity index (χ4n) is 2.65. The molecule has 6 heteroatoms. The van der Waals surface area contributed by atoms with Crippen molar-refractivity contribution in [1.29, 1.82) is 0 Å². The summed E-state index contributed by atoms with van der Waals surface area (Å²) in [6, 6.07) is 0. The molecule has 0 spiro atoms. The third kappa shape index (κ3) is 29.3. The van der Waals surface area contributed by atoms with Crippen LogP contribution < -0.4 is 10.9 Å². The Morgan fingerprint density at radius 1 is 0.600 bits per heavy atom. The van der Waals surface area contributed by atoms with Crippen molar-refractivity contribution >= 4 is 43.1 Å². The standard InChI is InChI=1S/C19H40N2O.3ClH/c1-3-5-6-7-8-9-10-11-12-13-14-15-16-17-19(22)21-20-18-4-2;;;/h20H,3-18H2,1-2H3,(H,21,22);3*1H. The maximum Gasteiger partial charge on any atom is 0.234 e. The van der Waals surface area contributed by atoms with Crippen LogP contribution in [0.1, 0.15) is 110 Å². The summed E-state index contributed by atoms with van der Waals surface area (Å²) in [4.78, 5) is 11.4. The molecule has 0 atom stereocenters. The lowest BCUT2D eigenvalue weighted by molar-refractivity contribution is -0.122. The minimum Gasteiger partial charge on any atom is -0.292 e. The topological polar surface area (TPSA) is 41.1 Å². The van der Waals surface area contributed by atoms with Crippen LogP contribution in [0.15, 0.2) is 0 Å². The predicted molar refractivity (Wildman–Crippen MR) is 118 cm³/mol. The summed E-state index contributed by atoms with van der Waals surface area (Å²) in [5, 5.41) is 0. The first-order valence-electron chi connectivity index (χ1n) is 9.83. The number of hydrogen-bond acceptors (Lipinski definition) is 2. The Balaban J connectivity index is -0.000000735. The molecule has 0 saturated heterocycles. The molecule has 25 heavy (non-hydrogen) atoms. The smallest absolute Gasteiger partial charge is 0.234 e. The van der Waals surface area contributed by atoms with Gasteiger partial charge in [0.25, 0.3) is 0 Å². The quantitative estimate of drug-likeness (QED) is 0.201.